The Morgan fingerprint density at radius 2 is 1.95 bits per heavy atom. The first-order valence-electron chi connectivity index (χ1n) is 11.8. The van der Waals surface area contributed by atoms with Crippen molar-refractivity contribution in [1.29, 1.82) is 0 Å². The summed E-state index contributed by atoms with van der Waals surface area (Å²) in [5.74, 6) is -4.80. The van der Waals surface area contributed by atoms with Gasteiger partial charge in [-0.1, -0.05) is 13.0 Å². The lowest BCUT2D eigenvalue weighted by Crippen LogP contribution is -2.47. The number of carboxylic acid groups (broad SMARTS) is 1. The summed E-state index contributed by atoms with van der Waals surface area (Å²) in [7, 11) is 1.50. The van der Waals surface area contributed by atoms with Crippen LogP contribution in [0.15, 0.2) is 40.9 Å². The number of nitrogens with zero attached hydrogens (tertiary/aromatic N) is 4. The zero-order chi connectivity index (χ0) is 27.2. The van der Waals surface area contributed by atoms with Crippen molar-refractivity contribution in [2.24, 2.45) is 0 Å². The molecular weight excluding hydrogens is 505 g/mol. The second kappa shape index (κ2) is 9.51. The van der Waals surface area contributed by atoms with Crippen molar-refractivity contribution < 1.29 is 37.0 Å². The predicted octanol–water partition coefficient (Wildman–Crippen LogP) is 5.44. The second-order valence-corrected chi connectivity index (χ2v) is 8.91. The molecule has 38 heavy (non-hydrogen) atoms. The van der Waals surface area contributed by atoms with E-state index in [1.807, 2.05) is 6.92 Å². The molecule has 0 fully saturated rings. The van der Waals surface area contributed by atoms with E-state index in [0.29, 0.717) is 59.3 Å². The zero-order valence-corrected chi connectivity index (χ0v) is 20.7. The van der Waals surface area contributed by atoms with E-state index in [0.717, 1.165) is 0 Å². The van der Waals surface area contributed by atoms with Gasteiger partial charge in [0.2, 0.25) is 0 Å². The number of oxazole rings is 1. The standard InChI is InChI=1S/C26H23F3N4O5/c1-4-15-7-8-26(25(34)35,38-16-10-18(27)22(29)19(28)11-16)24-32-31-23(33(15)24)14-5-6-17(20(9-14)36-3)21-12-30-13(2)37-21/h5-6,9-12,15H,4,7-8H2,1-3H3,(H,34,35)/t15?,26-/m1/s1. The van der Waals surface area contributed by atoms with E-state index in [-0.39, 0.29) is 18.3 Å². The van der Waals surface area contributed by atoms with Crippen molar-refractivity contribution in [2.45, 2.75) is 44.8 Å². The minimum Gasteiger partial charge on any atom is -0.496 e. The maximum absolute atomic E-state index is 13.9. The summed E-state index contributed by atoms with van der Waals surface area (Å²) in [6, 6.07) is 6.28. The van der Waals surface area contributed by atoms with Crippen LogP contribution in [0.4, 0.5) is 13.2 Å². The minimum absolute atomic E-state index is 0.0443. The second-order valence-electron chi connectivity index (χ2n) is 8.91. The van der Waals surface area contributed by atoms with Crippen molar-refractivity contribution in [3.8, 4) is 34.2 Å². The fourth-order valence-corrected chi connectivity index (χ4v) is 4.76. The summed E-state index contributed by atoms with van der Waals surface area (Å²) in [5.41, 5.74) is -0.875. The van der Waals surface area contributed by atoms with Gasteiger partial charge in [0.05, 0.1) is 18.9 Å². The van der Waals surface area contributed by atoms with Gasteiger partial charge in [-0.25, -0.2) is 22.9 Å². The van der Waals surface area contributed by atoms with E-state index in [9.17, 15) is 23.1 Å². The molecule has 2 aromatic heterocycles. The van der Waals surface area contributed by atoms with E-state index in [2.05, 4.69) is 15.2 Å². The summed E-state index contributed by atoms with van der Waals surface area (Å²) in [4.78, 5) is 16.7. The summed E-state index contributed by atoms with van der Waals surface area (Å²) in [6.07, 6.45) is 2.50. The summed E-state index contributed by atoms with van der Waals surface area (Å²) in [6.45, 7) is 3.66. The molecule has 0 spiro atoms. The fourth-order valence-electron chi connectivity index (χ4n) is 4.76. The molecular formula is C26H23F3N4O5. The molecule has 0 saturated heterocycles. The van der Waals surface area contributed by atoms with Gasteiger partial charge in [0.1, 0.15) is 11.5 Å². The molecule has 12 heteroatoms. The molecule has 1 N–H and O–H groups in total. The number of aryl methyl sites for hydroxylation is 1. The van der Waals surface area contributed by atoms with Crippen molar-refractivity contribution in [2.75, 3.05) is 7.11 Å². The first-order valence-corrected chi connectivity index (χ1v) is 11.8. The van der Waals surface area contributed by atoms with Crippen molar-refractivity contribution in [3.05, 3.63) is 65.7 Å². The molecule has 0 aliphatic carbocycles. The number of rotatable bonds is 7. The Bertz CT molecular complexity index is 1510. The van der Waals surface area contributed by atoms with Gasteiger partial charge in [0.15, 0.2) is 40.8 Å². The fraction of sp³-hybridized carbons (Fsp3) is 0.308. The van der Waals surface area contributed by atoms with Gasteiger partial charge >= 0.3 is 5.97 Å². The number of hydrogen-bond acceptors (Lipinski definition) is 7. The number of aromatic nitrogens is 4. The van der Waals surface area contributed by atoms with Gasteiger partial charge in [0.25, 0.3) is 5.60 Å². The number of halogens is 3. The van der Waals surface area contributed by atoms with Crippen LogP contribution < -0.4 is 9.47 Å². The monoisotopic (exact) mass is 528 g/mol. The summed E-state index contributed by atoms with van der Waals surface area (Å²) >= 11 is 0. The Morgan fingerprint density at radius 1 is 1.21 bits per heavy atom. The van der Waals surface area contributed by atoms with Crippen molar-refractivity contribution in [1.82, 2.24) is 19.7 Å². The highest BCUT2D eigenvalue weighted by molar-refractivity contribution is 5.80. The number of ether oxygens (including phenoxy) is 2. The number of fused-ring (bicyclic) bond motifs is 1. The molecule has 4 aromatic rings. The lowest BCUT2D eigenvalue weighted by molar-refractivity contribution is -0.160. The smallest absolute Gasteiger partial charge is 0.356 e. The molecule has 198 valence electrons. The first kappa shape index (κ1) is 25.3. The Morgan fingerprint density at radius 3 is 2.55 bits per heavy atom. The topological polar surface area (TPSA) is 112 Å². The quantitative estimate of drug-likeness (QED) is 0.316. The third kappa shape index (κ3) is 4.05. The lowest BCUT2D eigenvalue weighted by Gasteiger charge is -2.37. The average Bonchev–Trinajstić information content (AvgIpc) is 3.54. The Hall–Kier alpha value is -4.35. The third-order valence-electron chi connectivity index (χ3n) is 6.66. The molecule has 5 rings (SSSR count). The van der Waals surface area contributed by atoms with Crippen LogP contribution in [0.3, 0.4) is 0 Å². The molecule has 2 aromatic carbocycles. The number of hydrogen-bond donors (Lipinski definition) is 1. The highest BCUT2D eigenvalue weighted by atomic mass is 19.2. The van der Waals surface area contributed by atoms with E-state index < -0.39 is 34.8 Å². The van der Waals surface area contributed by atoms with Gasteiger partial charge in [-0.05, 0) is 25.0 Å². The van der Waals surface area contributed by atoms with Crippen LogP contribution in [0.2, 0.25) is 0 Å². The summed E-state index contributed by atoms with van der Waals surface area (Å²) < 4.78 is 59.8. The van der Waals surface area contributed by atoms with Crippen LogP contribution in [-0.4, -0.2) is 37.9 Å². The first-order chi connectivity index (χ1) is 18.2. The summed E-state index contributed by atoms with van der Waals surface area (Å²) in [5, 5.41) is 18.7. The Labute approximate surface area is 214 Å². The normalized spacial score (nSPS) is 18.7. The van der Waals surface area contributed by atoms with Crippen LogP contribution in [0.5, 0.6) is 11.5 Å². The molecule has 9 nitrogen and oxygen atoms in total. The Kier molecular flexibility index (Phi) is 6.33. The SMILES string of the molecule is CCC1CC[C@](Oc2cc(F)c(F)c(F)c2)(C(=O)O)c2nnc(-c3ccc(-c4cnc(C)o4)c(OC)c3)n21. The molecule has 0 saturated carbocycles. The molecule has 1 aliphatic rings. The largest absolute Gasteiger partial charge is 0.496 e. The van der Waals surface area contributed by atoms with Crippen LogP contribution in [0, 0.1) is 24.4 Å². The molecule has 0 radical (unpaired) electrons. The van der Waals surface area contributed by atoms with Crippen LogP contribution in [0.1, 0.15) is 43.9 Å². The number of methoxy groups -OCH3 is 1. The van der Waals surface area contributed by atoms with Gasteiger partial charge in [-0.2, -0.15) is 0 Å². The van der Waals surface area contributed by atoms with E-state index in [1.165, 1.54) is 7.11 Å². The van der Waals surface area contributed by atoms with Crippen molar-refractivity contribution in [3.63, 3.8) is 0 Å². The Balaban J connectivity index is 1.63. The molecule has 2 atom stereocenters. The average molecular weight is 528 g/mol. The molecule has 0 amide bonds. The lowest BCUT2D eigenvalue weighted by atomic mass is 9.88. The van der Waals surface area contributed by atoms with Gasteiger partial charge in [0, 0.05) is 37.1 Å². The maximum atomic E-state index is 13.9. The molecule has 3 heterocycles. The van der Waals surface area contributed by atoms with Crippen molar-refractivity contribution >= 4 is 5.97 Å². The van der Waals surface area contributed by atoms with Gasteiger partial charge in [-0.3, -0.25) is 0 Å². The van der Waals surface area contributed by atoms with E-state index in [4.69, 9.17) is 13.9 Å². The van der Waals surface area contributed by atoms with Gasteiger partial charge < -0.3 is 23.6 Å². The van der Waals surface area contributed by atoms with Crippen LogP contribution >= 0.6 is 0 Å². The zero-order valence-electron chi connectivity index (χ0n) is 20.7. The van der Waals surface area contributed by atoms with Crippen LogP contribution in [-0.2, 0) is 10.4 Å². The highest BCUT2D eigenvalue weighted by Gasteiger charge is 2.52. The van der Waals surface area contributed by atoms with E-state index in [1.54, 1.807) is 35.9 Å². The van der Waals surface area contributed by atoms with Crippen LogP contribution in [0.25, 0.3) is 22.7 Å². The number of benzene rings is 2. The molecule has 1 unspecified atom stereocenters. The number of carbonyl (C=O) groups is 1. The van der Waals surface area contributed by atoms with E-state index >= 15 is 0 Å². The highest BCUT2D eigenvalue weighted by Crippen LogP contribution is 2.44. The number of aliphatic carboxylic acids is 1. The molecule has 0 bridgehead atoms. The molecule has 1 aliphatic heterocycles. The minimum atomic E-state index is -2.12. The third-order valence-corrected chi connectivity index (χ3v) is 6.66. The maximum Gasteiger partial charge on any atom is 0.356 e. The number of carboxylic acids is 1. The van der Waals surface area contributed by atoms with Gasteiger partial charge in [-0.15, -0.1) is 10.2 Å². The predicted molar refractivity (Wildman–Crippen MR) is 127 cm³/mol.